The highest BCUT2D eigenvalue weighted by Gasteiger charge is 2.11. The van der Waals surface area contributed by atoms with Crippen LogP contribution in [0.25, 0.3) is 10.9 Å². The van der Waals surface area contributed by atoms with Crippen LogP contribution in [0.3, 0.4) is 0 Å². The minimum absolute atomic E-state index is 0.0464. The molecule has 0 saturated heterocycles. The Labute approximate surface area is 137 Å². The van der Waals surface area contributed by atoms with Gasteiger partial charge in [-0.25, -0.2) is 4.79 Å². The van der Waals surface area contributed by atoms with Gasteiger partial charge < -0.3 is 10.1 Å². The SMILES string of the molecule is CCC(Cc1c[nH]c2ccccc12)N=Cc1c(O)[nH]c(=O)[nH]c1=O. The van der Waals surface area contributed by atoms with Gasteiger partial charge in [-0.2, -0.15) is 0 Å². The fraction of sp³-hybridized carbons (Fsp3) is 0.235. The van der Waals surface area contributed by atoms with Gasteiger partial charge in [0.25, 0.3) is 5.56 Å². The van der Waals surface area contributed by atoms with Gasteiger partial charge in [0, 0.05) is 23.3 Å². The van der Waals surface area contributed by atoms with E-state index in [0.29, 0.717) is 6.42 Å². The van der Waals surface area contributed by atoms with Gasteiger partial charge in [-0.3, -0.25) is 19.8 Å². The maximum Gasteiger partial charge on any atom is 0.328 e. The summed E-state index contributed by atoms with van der Waals surface area (Å²) in [5.74, 6) is -0.477. The molecule has 3 rings (SSSR count). The van der Waals surface area contributed by atoms with Crippen LogP contribution < -0.4 is 11.2 Å². The maximum absolute atomic E-state index is 11.7. The highest BCUT2D eigenvalue weighted by Crippen LogP contribution is 2.20. The molecule has 2 aromatic heterocycles. The van der Waals surface area contributed by atoms with Gasteiger partial charge in [0.2, 0.25) is 5.88 Å². The molecular formula is C17H18N4O3. The summed E-state index contributed by atoms with van der Waals surface area (Å²) in [5, 5.41) is 10.8. The molecule has 3 aromatic rings. The molecule has 0 amide bonds. The monoisotopic (exact) mass is 326 g/mol. The molecular weight excluding hydrogens is 308 g/mol. The van der Waals surface area contributed by atoms with E-state index in [1.165, 1.54) is 6.21 Å². The summed E-state index contributed by atoms with van der Waals surface area (Å²) >= 11 is 0. The van der Waals surface area contributed by atoms with E-state index < -0.39 is 17.1 Å². The first-order chi connectivity index (χ1) is 11.6. The zero-order valence-electron chi connectivity index (χ0n) is 13.2. The Morgan fingerprint density at radius 2 is 2.04 bits per heavy atom. The lowest BCUT2D eigenvalue weighted by molar-refractivity contribution is 0.447. The molecule has 124 valence electrons. The number of aromatic hydroxyl groups is 1. The second-order valence-corrected chi connectivity index (χ2v) is 5.57. The minimum atomic E-state index is -0.750. The first kappa shape index (κ1) is 15.8. The molecule has 1 unspecified atom stereocenters. The van der Waals surface area contributed by atoms with Crippen LogP contribution in [0.15, 0.2) is 45.0 Å². The fourth-order valence-corrected chi connectivity index (χ4v) is 2.64. The number of aromatic nitrogens is 3. The number of benzene rings is 1. The van der Waals surface area contributed by atoms with E-state index >= 15 is 0 Å². The first-order valence-electron chi connectivity index (χ1n) is 7.72. The molecule has 0 aliphatic rings. The van der Waals surface area contributed by atoms with Crippen LogP contribution >= 0.6 is 0 Å². The van der Waals surface area contributed by atoms with E-state index in [2.05, 4.69) is 26.0 Å². The number of nitrogens with zero attached hydrogens (tertiary/aromatic N) is 1. The van der Waals surface area contributed by atoms with E-state index in [0.717, 1.165) is 22.9 Å². The molecule has 7 heteroatoms. The standard InChI is InChI=1S/C17H18N4O3/c1-2-11(7-10-8-19-14-6-4-3-5-12(10)14)18-9-13-15(22)20-17(24)21-16(13)23/h3-6,8-9,11,19H,2,7H2,1H3,(H3,20,21,22,23,24). The van der Waals surface area contributed by atoms with Crippen molar-refractivity contribution in [1.82, 2.24) is 15.0 Å². The summed E-state index contributed by atoms with van der Waals surface area (Å²) < 4.78 is 0. The quantitative estimate of drug-likeness (QED) is 0.535. The van der Waals surface area contributed by atoms with E-state index in [1.54, 1.807) is 0 Å². The van der Waals surface area contributed by atoms with E-state index in [1.807, 2.05) is 31.3 Å². The Balaban J connectivity index is 1.85. The Hall–Kier alpha value is -3.09. The number of H-pyrrole nitrogens is 3. The van der Waals surface area contributed by atoms with Crippen LogP contribution in [0.5, 0.6) is 5.88 Å². The number of para-hydroxylation sites is 1. The average Bonchev–Trinajstić information content (AvgIpc) is 2.96. The van der Waals surface area contributed by atoms with Crippen molar-refractivity contribution in [3.63, 3.8) is 0 Å². The van der Waals surface area contributed by atoms with Gasteiger partial charge in [0.1, 0.15) is 5.56 Å². The van der Waals surface area contributed by atoms with Gasteiger partial charge in [0.05, 0.1) is 6.04 Å². The van der Waals surface area contributed by atoms with Crippen LogP contribution in [0, 0.1) is 0 Å². The third-order valence-corrected chi connectivity index (χ3v) is 3.97. The largest absolute Gasteiger partial charge is 0.494 e. The van der Waals surface area contributed by atoms with Gasteiger partial charge >= 0.3 is 5.69 Å². The zero-order valence-corrected chi connectivity index (χ0v) is 13.2. The summed E-state index contributed by atoms with van der Waals surface area (Å²) in [5.41, 5.74) is 0.754. The summed E-state index contributed by atoms with van der Waals surface area (Å²) in [4.78, 5) is 34.6. The molecule has 7 nitrogen and oxygen atoms in total. The van der Waals surface area contributed by atoms with Crippen molar-refractivity contribution < 1.29 is 5.11 Å². The van der Waals surface area contributed by atoms with Crippen molar-refractivity contribution >= 4 is 17.1 Å². The highest BCUT2D eigenvalue weighted by molar-refractivity contribution is 5.83. The van der Waals surface area contributed by atoms with Crippen molar-refractivity contribution in [3.05, 3.63) is 62.4 Å². The molecule has 0 bridgehead atoms. The van der Waals surface area contributed by atoms with Crippen molar-refractivity contribution in [2.75, 3.05) is 0 Å². The normalized spacial score (nSPS) is 12.9. The number of hydrogen-bond acceptors (Lipinski definition) is 4. The molecule has 0 fully saturated rings. The summed E-state index contributed by atoms with van der Waals surface area (Å²) in [6.45, 7) is 2.01. The molecule has 0 saturated carbocycles. The summed E-state index contributed by atoms with van der Waals surface area (Å²) in [6, 6.07) is 7.98. The number of fused-ring (bicyclic) bond motifs is 1. The molecule has 2 heterocycles. The predicted molar refractivity (Wildman–Crippen MR) is 93.0 cm³/mol. The van der Waals surface area contributed by atoms with Crippen LogP contribution in [0.1, 0.15) is 24.5 Å². The minimum Gasteiger partial charge on any atom is -0.494 e. The molecule has 0 spiro atoms. The third kappa shape index (κ3) is 3.15. The highest BCUT2D eigenvalue weighted by atomic mass is 16.3. The van der Waals surface area contributed by atoms with E-state index in [9.17, 15) is 14.7 Å². The van der Waals surface area contributed by atoms with Crippen molar-refractivity contribution in [2.24, 2.45) is 4.99 Å². The van der Waals surface area contributed by atoms with Crippen LogP contribution in [-0.2, 0) is 6.42 Å². The zero-order chi connectivity index (χ0) is 17.1. The predicted octanol–water partition coefficient (Wildman–Crippen LogP) is 1.69. The lowest BCUT2D eigenvalue weighted by Crippen LogP contribution is -2.25. The number of nitrogens with one attached hydrogen (secondary N) is 3. The van der Waals surface area contributed by atoms with Crippen LogP contribution in [-0.4, -0.2) is 32.3 Å². The van der Waals surface area contributed by atoms with E-state index in [-0.39, 0.29) is 11.6 Å². The van der Waals surface area contributed by atoms with E-state index in [4.69, 9.17) is 0 Å². The fourth-order valence-electron chi connectivity index (χ4n) is 2.64. The Morgan fingerprint density at radius 1 is 1.25 bits per heavy atom. The van der Waals surface area contributed by atoms with Crippen molar-refractivity contribution in [2.45, 2.75) is 25.8 Å². The maximum atomic E-state index is 11.7. The number of rotatable bonds is 5. The Bertz CT molecular complexity index is 997. The second-order valence-electron chi connectivity index (χ2n) is 5.57. The van der Waals surface area contributed by atoms with Crippen molar-refractivity contribution in [1.29, 1.82) is 0 Å². The summed E-state index contributed by atoms with van der Waals surface area (Å²) in [6.07, 6.45) is 4.76. The first-order valence-corrected chi connectivity index (χ1v) is 7.72. The Morgan fingerprint density at radius 3 is 2.79 bits per heavy atom. The molecule has 4 N–H and O–H groups in total. The molecule has 0 aliphatic heterocycles. The van der Waals surface area contributed by atoms with Gasteiger partial charge in [-0.05, 0) is 24.5 Å². The lowest BCUT2D eigenvalue weighted by Gasteiger charge is -2.09. The second kappa shape index (κ2) is 6.57. The average molecular weight is 326 g/mol. The van der Waals surface area contributed by atoms with Crippen molar-refractivity contribution in [3.8, 4) is 5.88 Å². The molecule has 24 heavy (non-hydrogen) atoms. The third-order valence-electron chi connectivity index (χ3n) is 3.97. The number of aliphatic imine (C=N–C) groups is 1. The molecule has 1 aromatic carbocycles. The smallest absolute Gasteiger partial charge is 0.328 e. The molecule has 1 atom stereocenters. The molecule has 0 aliphatic carbocycles. The lowest BCUT2D eigenvalue weighted by atomic mass is 10.0. The van der Waals surface area contributed by atoms with Crippen LogP contribution in [0.4, 0.5) is 0 Å². The number of hydrogen-bond donors (Lipinski definition) is 4. The van der Waals surface area contributed by atoms with Gasteiger partial charge in [-0.1, -0.05) is 25.1 Å². The topological polar surface area (TPSA) is 114 Å². The van der Waals surface area contributed by atoms with Gasteiger partial charge in [-0.15, -0.1) is 0 Å². The van der Waals surface area contributed by atoms with Crippen LogP contribution in [0.2, 0.25) is 0 Å². The van der Waals surface area contributed by atoms with Gasteiger partial charge in [0.15, 0.2) is 0 Å². The number of aromatic amines is 3. The Kier molecular flexibility index (Phi) is 4.33. The molecule has 0 radical (unpaired) electrons. The summed E-state index contributed by atoms with van der Waals surface area (Å²) in [7, 11) is 0.